The number of hydrogen-bond acceptors (Lipinski definition) is 5. The number of fused-ring (bicyclic) bond motifs is 1. The molecule has 0 unspecified atom stereocenters. The van der Waals surface area contributed by atoms with Gasteiger partial charge >= 0.3 is 0 Å². The first-order valence-corrected chi connectivity index (χ1v) is 9.48. The number of aliphatic carboxylic acids is 1. The number of rotatable bonds is 6. The van der Waals surface area contributed by atoms with Crippen molar-refractivity contribution in [1.82, 2.24) is 4.90 Å². The minimum Gasteiger partial charge on any atom is -0.550 e. The van der Waals surface area contributed by atoms with E-state index in [4.69, 9.17) is 4.74 Å². The van der Waals surface area contributed by atoms with Gasteiger partial charge in [-0.1, -0.05) is 24.3 Å². The quantitative estimate of drug-likeness (QED) is 0.721. The van der Waals surface area contributed by atoms with Gasteiger partial charge in [0.05, 0.1) is 23.3 Å². The van der Waals surface area contributed by atoms with E-state index < -0.39 is 30.2 Å². The van der Waals surface area contributed by atoms with Gasteiger partial charge in [-0.2, -0.15) is 0 Å². The van der Waals surface area contributed by atoms with Gasteiger partial charge in [0.15, 0.2) is 0 Å². The lowest BCUT2D eigenvalue weighted by molar-refractivity contribution is -0.306. The van der Waals surface area contributed by atoms with E-state index in [9.17, 15) is 19.5 Å². The summed E-state index contributed by atoms with van der Waals surface area (Å²) in [6.45, 7) is 0. The summed E-state index contributed by atoms with van der Waals surface area (Å²) >= 11 is 0. The minimum absolute atomic E-state index is 0.209. The van der Waals surface area contributed by atoms with E-state index in [2.05, 4.69) is 0 Å². The number of benzene rings is 2. The molecule has 6 heteroatoms. The minimum atomic E-state index is -1.33. The van der Waals surface area contributed by atoms with E-state index in [1.807, 2.05) is 0 Å². The van der Waals surface area contributed by atoms with E-state index in [1.165, 1.54) is 0 Å². The number of carboxylic acid groups (broad SMARTS) is 1. The monoisotopic (exact) mass is 378 g/mol. The zero-order valence-corrected chi connectivity index (χ0v) is 15.3. The molecule has 1 aliphatic heterocycles. The molecule has 2 amide bonds. The average molecular weight is 378 g/mol. The van der Waals surface area contributed by atoms with E-state index in [0.717, 1.165) is 30.6 Å². The van der Waals surface area contributed by atoms with Crippen molar-refractivity contribution < 1.29 is 24.2 Å². The number of hydrogen-bond donors (Lipinski definition) is 0. The number of carbonyl (C=O) groups is 3. The molecular weight excluding hydrogens is 358 g/mol. The lowest BCUT2D eigenvalue weighted by Crippen LogP contribution is -2.38. The molecule has 0 saturated heterocycles. The Kier molecular flexibility index (Phi) is 4.86. The molecule has 1 fully saturated rings. The lowest BCUT2D eigenvalue weighted by atomic mass is 10.0. The van der Waals surface area contributed by atoms with E-state index >= 15 is 0 Å². The van der Waals surface area contributed by atoms with Gasteiger partial charge in [0, 0.05) is 12.4 Å². The number of imide groups is 1. The fourth-order valence-electron chi connectivity index (χ4n) is 3.97. The molecule has 1 atom stereocenters. The predicted molar refractivity (Wildman–Crippen MR) is 98.6 cm³/mol. The van der Waals surface area contributed by atoms with Crippen LogP contribution in [-0.2, 0) is 4.79 Å². The van der Waals surface area contributed by atoms with Crippen LogP contribution < -0.4 is 9.84 Å². The number of nitrogens with zero attached hydrogens (tertiary/aromatic N) is 1. The predicted octanol–water partition coefficient (Wildman–Crippen LogP) is 2.49. The standard InChI is InChI=1S/C22H21NO5/c24-20(25)13-19(23-21(26)17-7-3-4-8-18(17)22(23)27)14-9-11-16(12-10-14)28-15-5-1-2-6-15/h3-4,7-12,15,19H,1-2,5-6,13H2,(H,24,25)/p-1/t19-/m0/s1. The molecule has 2 aromatic carbocycles. The Bertz CT molecular complexity index is 880. The van der Waals surface area contributed by atoms with Crippen LogP contribution in [0.5, 0.6) is 5.75 Å². The summed E-state index contributed by atoms with van der Waals surface area (Å²) in [5.74, 6) is -1.60. The fourth-order valence-corrected chi connectivity index (χ4v) is 3.97. The highest BCUT2D eigenvalue weighted by Gasteiger charge is 2.40. The molecular formula is C22H20NO5-. The van der Waals surface area contributed by atoms with Gasteiger partial charge in [-0.15, -0.1) is 0 Å². The normalized spacial score (nSPS) is 17.6. The summed E-state index contributed by atoms with van der Waals surface area (Å²) in [5, 5.41) is 11.3. The Labute approximate surface area is 162 Å². The van der Waals surface area contributed by atoms with Gasteiger partial charge in [0.25, 0.3) is 11.8 Å². The Morgan fingerprint density at radius 1 is 1.00 bits per heavy atom. The first-order chi connectivity index (χ1) is 13.5. The number of carbonyl (C=O) groups excluding carboxylic acids is 3. The van der Waals surface area contributed by atoms with Gasteiger partial charge in [-0.05, 0) is 55.5 Å². The van der Waals surface area contributed by atoms with Crippen LogP contribution in [0.3, 0.4) is 0 Å². The van der Waals surface area contributed by atoms with E-state index in [-0.39, 0.29) is 17.2 Å². The van der Waals surface area contributed by atoms with Crippen molar-refractivity contribution in [1.29, 1.82) is 0 Å². The highest BCUT2D eigenvalue weighted by atomic mass is 16.5. The average Bonchev–Trinajstić information content (AvgIpc) is 3.28. The topological polar surface area (TPSA) is 86.7 Å². The third-order valence-corrected chi connectivity index (χ3v) is 5.37. The first-order valence-electron chi connectivity index (χ1n) is 9.48. The number of ether oxygens (including phenoxy) is 1. The molecule has 2 aliphatic rings. The summed E-state index contributed by atoms with van der Waals surface area (Å²) in [6.07, 6.45) is 4.13. The van der Waals surface area contributed by atoms with Gasteiger partial charge in [0.1, 0.15) is 5.75 Å². The molecule has 0 aromatic heterocycles. The molecule has 1 aliphatic carbocycles. The largest absolute Gasteiger partial charge is 0.550 e. The van der Waals surface area contributed by atoms with Gasteiger partial charge in [0.2, 0.25) is 0 Å². The second-order valence-corrected chi connectivity index (χ2v) is 7.21. The van der Waals surface area contributed by atoms with Crippen LogP contribution in [0.25, 0.3) is 0 Å². The van der Waals surface area contributed by atoms with Crippen LogP contribution in [0, 0.1) is 0 Å². The zero-order chi connectivity index (χ0) is 19.7. The zero-order valence-electron chi connectivity index (χ0n) is 15.3. The maximum atomic E-state index is 12.8. The molecule has 1 saturated carbocycles. The molecule has 0 N–H and O–H groups in total. The third-order valence-electron chi connectivity index (χ3n) is 5.37. The van der Waals surface area contributed by atoms with Crippen LogP contribution in [0.4, 0.5) is 0 Å². The van der Waals surface area contributed by atoms with Crippen molar-refractivity contribution in [3.8, 4) is 5.75 Å². The Balaban J connectivity index is 1.61. The fraction of sp³-hybridized carbons (Fsp3) is 0.318. The molecule has 6 nitrogen and oxygen atoms in total. The second-order valence-electron chi connectivity index (χ2n) is 7.21. The summed E-state index contributed by atoms with van der Waals surface area (Å²) in [7, 11) is 0. The molecule has 2 aromatic rings. The maximum absolute atomic E-state index is 12.8. The second kappa shape index (κ2) is 7.46. The van der Waals surface area contributed by atoms with Crippen LogP contribution in [0.15, 0.2) is 48.5 Å². The molecule has 0 bridgehead atoms. The van der Waals surface area contributed by atoms with Crippen molar-refractivity contribution >= 4 is 17.8 Å². The van der Waals surface area contributed by atoms with Gasteiger partial charge in [-0.25, -0.2) is 0 Å². The molecule has 0 radical (unpaired) electrons. The Hall–Kier alpha value is -3.15. The maximum Gasteiger partial charge on any atom is 0.262 e. The van der Waals surface area contributed by atoms with Gasteiger partial charge < -0.3 is 14.6 Å². The van der Waals surface area contributed by atoms with Crippen LogP contribution >= 0.6 is 0 Å². The summed E-state index contributed by atoms with van der Waals surface area (Å²) < 4.78 is 5.93. The Morgan fingerprint density at radius 2 is 1.57 bits per heavy atom. The van der Waals surface area contributed by atoms with Crippen molar-refractivity contribution in [3.63, 3.8) is 0 Å². The lowest BCUT2D eigenvalue weighted by Gasteiger charge is -2.27. The van der Waals surface area contributed by atoms with E-state index in [1.54, 1.807) is 48.5 Å². The first kappa shape index (κ1) is 18.2. The molecule has 1 heterocycles. The number of amides is 2. The number of carboxylic acids is 1. The summed E-state index contributed by atoms with van der Waals surface area (Å²) in [4.78, 5) is 37.9. The van der Waals surface area contributed by atoms with Crippen LogP contribution in [-0.4, -0.2) is 28.8 Å². The SMILES string of the molecule is O=C([O-])C[C@@H](c1ccc(OC2CCCC2)cc1)N1C(=O)c2ccccc2C1=O. The summed E-state index contributed by atoms with van der Waals surface area (Å²) in [5.41, 5.74) is 1.13. The summed E-state index contributed by atoms with van der Waals surface area (Å²) in [6, 6.07) is 12.5. The van der Waals surface area contributed by atoms with Crippen molar-refractivity contribution in [2.45, 2.75) is 44.2 Å². The van der Waals surface area contributed by atoms with Crippen LogP contribution in [0.1, 0.15) is 64.4 Å². The highest BCUT2D eigenvalue weighted by molar-refractivity contribution is 6.21. The van der Waals surface area contributed by atoms with E-state index in [0.29, 0.717) is 11.3 Å². The smallest absolute Gasteiger partial charge is 0.262 e. The molecule has 144 valence electrons. The van der Waals surface area contributed by atoms with Crippen LogP contribution in [0.2, 0.25) is 0 Å². The van der Waals surface area contributed by atoms with Crippen molar-refractivity contribution in [2.24, 2.45) is 0 Å². The molecule has 4 rings (SSSR count). The third kappa shape index (κ3) is 3.38. The van der Waals surface area contributed by atoms with Crippen molar-refractivity contribution in [3.05, 3.63) is 65.2 Å². The highest BCUT2D eigenvalue weighted by Crippen LogP contribution is 2.34. The van der Waals surface area contributed by atoms with Crippen molar-refractivity contribution in [2.75, 3.05) is 0 Å². The Morgan fingerprint density at radius 3 is 2.11 bits per heavy atom. The molecule has 28 heavy (non-hydrogen) atoms. The van der Waals surface area contributed by atoms with Gasteiger partial charge in [-0.3, -0.25) is 14.5 Å². The molecule has 0 spiro atoms.